The molecule has 0 bridgehead atoms. The first kappa shape index (κ1) is 15.1. The number of esters is 1. The van der Waals surface area contributed by atoms with Crippen LogP contribution in [0.2, 0.25) is 0 Å². The maximum atomic E-state index is 12.4. The lowest BCUT2D eigenvalue weighted by Crippen LogP contribution is -2.59. The van der Waals surface area contributed by atoms with Crippen molar-refractivity contribution in [1.29, 1.82) is 0 Å². The van der Waals surface area contributed by atoms with Gasteiger partial charge in [0.15, 0.2) is 0 Å². The first-order valence-electron chi connectivity index (χ1n) is 7.29. The molecule has 3 amide bonds. The van der Waals surface area contributed by atoms with Crippen LogP contribution >= 0.6 is 0 Å². The van der Waals surface area contributed by atoms with E-state index >= 15 is 0 Å². The van der Waals surface area contributed by atoms with E-state index in [0.29, 0.717) is 12.1 Å². The van der Waals surface area contributed by atoms with Crippen molar-refractivity contribution in [2.24, 2.45) is 0 Å². The van der Waals surface area contributed by atoms with Crippen LogP contribution in [-0.2, 0) is 14.3 Å². The van der Waals surface area contributed by atoms with Crippen LogP contribution in [0, 0.1) is 0 Å². The Morgan fingerprint density at radius 2 is 1.91 bits per heavy atom. The first-order valence-corrected chi connectivity index (χ1v) is 7.29. The molecule has 1 aromatic carbocycles. The summed E-state index contributed by atoms with van der Waals surface area (Å²) in [5.41, 5.74) is 0.912. The van der Waals surface area contributed by atoms with E-state index < -0.39 is 23.9 Å². The van der Waals surface area contributed by atoms with Crippen LogP contribution in [0.15, 0.2) is 41.6 Å². The number of hydrogen-bond acceptors (Lipinski definition) is 4. The van der Waals surface area contributed by atoms with Crippen molar-refractivity contribution in [2.75, 3.05) is 13.7 Å². The average Bonchev–Trinajstić information content (AvgIpc) is 2.55. The molecule has 0 radical (unpaired) electrons. The number of nitrogens with one attached hydrogen (secondary N) is 2. The van der Waals surface area contributed by atoms with E-state index in [1.807, 2.05) is 6.07 Å². The molecule has 2 heterocycles. The van der Waals surface area contributed by atoms with E-state index in [1.54, 1.807) is 31.2 Å². The van der Waals surface area contributed by atoms with E-state index in [1.165, 1.54) is 12.0 Å². The fourth-order valence-corrected chi connectivity index (χ4v) is 2.91. The Bertz CT molecular complexity index is 699. The normalized spacial score (nSPS) is 23.8. The molecule has 120 valence electrons. The second-order valence-electron chi connectivity index (χ2n) is 5.53. The number of ether oxygens (including phenoxy) is 1. The number of piperazine rings is 1. The molecule has 1 saturated heterocycles. The van der Waals surface area contributed by atoms with Crippen molar-refractivity contribution in [3.63, 3.8) is 0 Å². The van der Waals surface area contributed by atoms with Crippen LogP contribution in [0.3, 0.4) is 0 Å². The maximum Gasteiger partial charge on any atom is 0.338 e. The molecule has 2 aliphatic heterocycles. The molecule has 0 unspecified atom stereocenters. The van der Waals surface area contributed by atoms with Gasteiger partial charge < -0.3 is 15.4 Å². The summed E-state index contributed by atoms with van der Waals surface area (Å²) in [5, 5.41) is 5.54. The van der Waals surface area contributed by atoms with Gasteiger partial charge in [0.25, 0.3) is 5.91 Å². The van der Waals surface area contributed by atoms with Gasteiger partial charge in [-0.1, -0.05) is 30.3 Å². The minimum absolute atomic E-state index is 0.0625. The SMILES string of the molecule is COC(=O)C1=C2C(=O)N[C@H](C)CN2C(=O)N[C@H]1c1ccccc1. The highest BCUT2D eigenvalue weighted by atomic mass is 16.5. The fourth-order valence-electron chi connectivity index (χ4n) is 2.91. The van der Waals surface area contributed by atoms with Gasteiger partial charge in [-0.3, -0.25) is 9.69 Å². The molecule has 0 saturated carbocycles. The predicted octanol–water partition coefficient (Wildman–Crippen LogP) is 0.698. The Labute approximate surface area is 133 Å². The first-order chi connectivity index (χ1) is 11.0. The second kappa shape index (κ2) is 5.75. The zero-order chi connectivity index (χ0) is 16.6. The molecule has 23 heavy (non-hydrogen) atoms. The second-order valence-corrected chi connectivity index (χ2v) is 5.53. The summed E-state index contributed by atoms with van der Waals surface area (Å²) in [6.07, 6.45) is 0. The molecule has 7 nitrogen and oxygen atoms in total. The number of fused-ring (bicyclic) bond motifs is 1. The Kier molecular flexibility index (Phi) is 3.77. The predicted molar refractivity (Wildman–Crippen MR) is 81.1 cm³/mol. The lowest BCUT2D eigenvalue weighted by atomic mass is 9.93. The summed E-state index contributed by atoms with van der Waals surface area (Å²) >= 11 is 0. The monoisotopic (exact) mass is 315 g/mol. The van der Waals surface area contributed by atoms with Crippen LogP contribution in [0.4, 0.5) is 4.79 Å². The van der Waals surface area contributed by atoms with Crippen molar-refractivity contribution in [3.8, 4) is 0 Å². The van der Waals surface area contributed by atoms with Gasteiger partial charge in [0.2, 0.25) is 0 Å². The highest BCUT2D eigenvalue weighted by molar-refractivity contribution is 6.08. The quantitative estimate of drug-likeness (QED) is 0.786. The zero-order valence-corrected chi connectivity index (χ0v) is 12.8. The molecular weight excluding hydrogens is 298 g/mol. The van der Waals surface area contributed by atoms with Crippen molar-refractivity contribution in [1.82, 2.24) is 15.5 Å². The summed E-state index contributed by atoms with van der Waals surface area (Å²) in [7, 11) is 1.25. The van der Waals surface area contributed by atoms with Crippen LogP contribution in [0.25, 0.3) is 0 Å². The van der Waals surface area contributed by atoms with E-state index in [9.17, 15) is 14.4 Å². The lowest BCUT2D eigenvalue weighted by molar-refractivity contribution is -0.137. The minimum atomic E-state index is -0.721. The summed E-state index contributed by atoms with van der Waals surface area (Å²) in [6.45, 7) is 2.10. The number of hydrogen-bond donors (Lipinski definition) is 2. The summed E-state index contributed by atoms with van der Waals surface area (Å²) < 4.78 is 4.85. The molecule has 0 spiro atoms. The van der Waals surface area contributed by atoms with Crippen LogP contribution in [0.5, 0.6) is 0 Å². The van der Waals surface area contributed by atoms with Gasteiger partial charge in [0.1, 0.15) is 5.70 Å². The van der Waals surface area contributed by atoms with Gasteiger partial charge in [-0.2, -0.15) is 0 Å². The molecule has 7 heteroatoms. The van der Waals surface area contributed by atoms with Crippen molar-refractivity contribution < 1.29 is 19.1 Å². The third-order valence-electron chi connectivity index (χ3n) is 3.91. The van der Waals surface area contributed by atoms with Gasteiger partial charge in [0.05, 0.1) is 18.7 Å². The molecular formula is C16H17N3O4. The molecule has 0 aromatic heterocycles. The number of benzene rings is 1. The van der Waals surface area contributed by atoms with Crippen molar-refractivity contribution in [2.45, 2.75) is 19.0 Å². The summed E-state index contributed by atoms with van der Waals surface area (Å²) in [6, 6.07) is 7.70. The number of rotatable bonds is 2. The number of nitrogens with zero attached hydrogens (tertiary/aromatic N) is 1. The van der Waals surface area contributed by atoms with Crippen molar-refractivity contribution >= 4 is 17.9 Å². The van der Waals surface area contributed by atoms with Crippen molar-refractivity contribution in [3.05, 3.63) is 47.2 Å². The number of amides is 3. The fraction of sp³-hybridized carbons (Fsp3) is 0.312. The summed E-state index contributed by atoms with van der Waals surface area (Å²) in [5.74, 6) is -1.08. The van der Waals surface area contributed by atoms with Crippen LogP contribution in [0.1, 0.15) is 18.5 Å². The molecule has 3 rings (SSSR count). The zero-order valence-electron chi connectivity index (χ0n) is 12.8. The van der Waals surface area contributed by atoms with Crippen LogP contribution in [-0.4, -0.2) is 42.5 Å². The minimum Gasteiger partial charge on any atom is -0.466 e. The van der Waals surface area contributed by atoms with E-state index in [-0.39, 0.29) is 17.3 Å². The molecule has 1 fully saturated rings. The Morgan fingerprint density at radius 1 is 1.22 bits per heavy atom. The number of carbonyl (C=O) groups excluding carboxylic acids is 3. The summed E-state index contributed by atoms with van der Waals surface area (Å²) in [4.78, 5) is 38.4. The molecule has 2 atom stereocenters. The smallest absolute Gasteiger partial charge is 0.338 e. The average molecular weight is 315 g/mol. The Morgan fingerprint density at radius 3 is 2.57 bits per heavy atom. The molecule has 0 aliphatic carbocycles. The van der Waals surface area contributed by atoms with Gasteiger partial charge in [-0.05, 0) is 12.5 Å². The number of carbonyl (C=O) groups is 3. The third kappa shape index (κ3) is 2.54. The van der Waals surface area contributed by atoms with E-state index in [0.717, 1.165) is 0 Å². The molecule has 1 aromatic rings. The van der Waals surface area contributed by atoms with Gasteiger partial charge in [-0.25, -0.2) is 9.59 Å². The molecule has 2 aliphatic rings. The van der Waals surface area contributed by atoms with Crippen LogP contribution < -0.4 is 10.6 Å². The third-order valence-corrected chi connectivity index (χ3v) is 3.91. The topological polar surface area (TPSA) is 87.7 Å². The lowest BCUT2D eigenvalue weighted by Gasteiger charge is -2.40. The van der Waals surface area contributed by atoms with Gasteiger partial charge >= 0.3 is 12.0 Å². The molecule has 2 N–H and O–H groups in total. The standard InChI is InChI=1S/C16H17N3O4/c1-9-8-19-13(14(20)17-9)11(15(21)23-2)12(18-16(19)22)10-6-4-3-5-7-10/h3-7,9,12H,8H2,1-2H3,(H,17,20)(H,18,22)/t9-,12+/m1/s1. The highest BCUT2D eigenvalue weighted by Gasteiger charge is 2.43. The Hall–Kier alpha value is -2.83. The number of methoxy groups -OCH3 is 1. The Balaban J connectivity index is 2.17. The largest absolute Gasteiger partial charge is 0.466 e. The maximum absolute atomic E-state index is 12.4. The van der Waals surface area contributed by atoms with Gasteiger partial charge in [0, 0.05) is 12.6 Å². The highest BCUT2D eigenvalue weighted by Crippen LogP contribution is 2.32. The van der Waals surface area contributed by atoms with Gasteiger partial charge in [-0.15, -0.1) is 0 Å². The van der Waals surface area contributed by atoms with E-state index in [4.69, 9.17) is 4.74 Å². The number of urea groups is 1. The van der Waals surface area contributed by atoms with E-state index in [2.05, 4.69) is 10.6 Å².